The molecule has 2 N–H and O–H groups in total. The molecular weight excluding hydrogens is 342 g/mol. The van der Waals surface area contributed by atoms with Crippen LogP contribution in [0.1, 0.15) is 20.3 Å². The van der Waals surface area contributed by atoms with Crippen LogP contribution in [0.2, 0.25) is 0 Å². The first kappa shape index (κ1) is 17.3. The molecule has 2 aromatic heterocycles. The maximum atomic E-state index is 5.98. The first-order valence-corrected chi connectivity index (χ1v) is 8.61. The number of nitrogens with one attached hydrogen (secondary N) is 2. The van der Waals surface area contributed by atoms with Crippen LogP contribution in [-0.2, 0) is 0 Å². The summed E-state index contributed by atoms with van der Waals surface area (Å²) in [5.41, 5.74) is 1.54. The molecule has 0 radical (unpaired) electrons. The normalized spacial score (nSPS) is 11.0. The van der Waals surface area contributed by atoms with E-state index in [0.717, 1.165) is 23.0 Å². The van der Waals surface area contributed by atoms with Crippen molar-refractivity contribution in [3.63, 3.8) is 0 Å². The molecule has 0 saturated heterocycles. The Morgan fingerprint density at radius 3 is 2.88 bits per heavy atom. The van der Waals surface area contributed by atoms with Crippen molar-refractivity contribution < 1.29 is 9.47 Å². The Labute approximate surface area is 150 Å². The van der Waals surface area contributed by atoms with Gasteiger partial charge in [-0.25, -0.2) is 9.97 Å². The molecule has 0 spiro atoms. The number of rotatable bonds is 8. The second-order valence-corrected chi connectivity index (χ2v) is 6.09. The van der Waals surface area contributed by atoms with E-state index in [1.54, 1.807) is 12.4 Å². The SMILES string of the molecule is CC(C)Oc1cc(OCCCCl)cc2ncnc(Nc3cn[nH]c3)c12. The average Bonchev–Trinajstić information content (AvgIpc) is 3.07. The highest BCUT2D eigenvalue weighted by Gasteiger charge is 2.14. The molecule has 25 heavy (non-hydrogen) atoms. The van der Waals surface area contributed by atoms with Crippen molar-refractivity contribution >= 4 is 34.0 Å². The molecule has 0 unspecified atom stereocenters. The molecule has 0 fully saturated rings. The summed E-state index contributed by atoms with van der Waals surface area (Å²) < 4.78 is 11.7. The Bertz CT molecular complexity index is 823. The molecule has 8 heteroatoms. The molecule has 0 aliphatic carbocycles. The molecular formula is C17H20ClN5O2. The van der Waals surface area contributed by atoms with Gasteiger partial charge in [0.25, 0.3) is 0 Å². The Morgan fingerprint density at radius 1 is 1.28 bits per heavy atom. The molecule has 0 atom stereocenters. The van der Waals surface area contributed by atoms with Gasteiger partial charge in [0.1, 0.15) is 23.6 Å². The summed E-state index contributed by atoms with van der Waals surface area (Å²) in [6.45, 7) is 4.49. The minimum atomic E-state index is 0.00303. The summed E-state index contributed by atoms with van der Waals surface area (Å²) in [6.07, 6.45) is 5.72. The number of aromatic amines is 1. The predicted molar refractivity (Wildman–Crippen MR) is 98.0 cm³/mol. The highest BCUT2D eigenvalue weighted by molar-refractivity contribution is 6.17. The van der Waals surface area contributed by atoms with Crippen LogP contribution in [0, 0.1) is 0 Å². The van der Waals surface area contributed by atoms with Crippen molar-refractivity contribution in [2.45, 2.75) is 26.4 Å². The third-order valence-electron chi connectivity index (χ3n) is 3.35. The predicted octanol–water partition coefficient (Wildman–Crippen LogP) is 3.89. The van der Waals surface area contributed by atoms with E-state index < -0.39 is 0 Å². The van der Waals surface area contributed by atoms with E-state index in [9.17, 15) is 0 Å². The topological polar surface area (TPSA) is 84.9 Å². The highest BCUT2D eigenvalue weighted by Crippen LogP contribution is 2.35. The molecule has 2 heterocycles. The number of hydrogen-bond acceptors (Lipinski definition) is 6. The van der Waals surface area contributed by atoms with Crippen LogP contribution in [0.5, 0.6) is 11.5 Å². The smallest absolute Gasteiger partial charge is 0.145 e. The van der Waals surface area contributed by atoms with Gasteiger partial charge in [0.15, 0.2) is 0 Å². The van der Waals surface area contributed by atoms with Crippen LogP contribution < -0.4 is 14.8 Å². The quantitative estimate of drug-likeness (QED) is 0.467. The molecule has 3 rings (SSSR count). The van der Waals surface area contributed by atoms with Crippen LogP contribution in [0.15, 0.2) is 30.9 Å². The van der Waals surface area contributed by atoms with E-state index in [2.05, 4.69) is 25.5 Å². The number of aromatic nitrogens is 4. The van der Waals surface area contributed by atoms with Gasteiger partial charge in [-0.2, -0.15) is 5.10 Å². The molecule has 0 saturated carbocycles. The van der Waals surface area contributed by atoms with Crippen LogP contribution in [0.25, 0.3) is 10.9 Å². The summed E-state index contributed by atoms with van der Waals surface area (Å²) in [4.78, 5) is 8.72. The van der Waals surface area contributed by atoms with E-state index in [1.807, 2.05) is 26.0 Å². The lowest BCUT2D eigenvalue weighted by molar-refractivity contribution is 0.243. The van der Waals surface area contributed by atoms with E-state index >= 15 is 0 Å². The Hall–Kier alpha value is -2.54. The number of nitrogens with zero attached hydrogens (tertiary/aromatic N) is 3. The van der Waals surface area contributed by atoms with Crippen molar-refractivity contribution in [2.24, 2.45) is 0 Å². The third-order valence-corrected chi connectivity index (χ3v) is 3.61. The second-order valence-electron chi connectivity index (χ2n) is 5.71. The minimum absolute atomic E-state index is 0.00303. The van der Waals surface area contributed by atoms with Crippen molar-refractivity contribution in [3.05, 3.63) is 30.9 Å². The van der Waals surface area contributed by atoms with Crippen LogP contribution in [-0.4, -0.2) is 38.8 Å². The van der Waals surface area contributed by atoms with Crippen LogP contribution in [0.4, 0.5) is 11.5 Å². The summed E-state index contributed by atoms with van der Waals surface area (Å²) in [6, 6.07) is 3.74. The maximum absolute atomic E-state index is 5.98. The lowest BCUT2D eigenvalue weighted by Gasteiger charge is -2.16. The molecule has 132 valence electrons. The molecule has 0 aliphatic rings. The van der Waals surface area contributed by atoms with Crippen molar-refractivity contribution in [2.75, 3.05) is 17.8 Å². The Kier molecular flexibility index (Phi) is 5.55. The Morgan fingerprint density at radius 2 is 2.16 bits per heavy atom. The van der Waals surface area contributed by atoms with Crippen molar-refractivity contribution in [1.29, 1.82) is 0 Å². The lowest BCUT2D eigenvalue weighted by atomic mass is 10.2. The first-order chi connectivity index (χ1) is 12.2. The molecule has 0 bridgehead atoms. The summed E-state index contributed by atoms with van der Waals surface area (Å²) in [7, 11) is 0. The monoisotopic (exact) mass is 361 g/mol. The van der Waals surface area contributed by atoms with Crippen molar-refractivity contribution in [3.8, 4) is 11.5 Å². The fraction of sp³-hybridized carbons (Fsp3) is 0.353. The fourth-order valence-electron chi connectivity index (χ4n) is 2.35. The zero-order valence-electron chi connectivity index (χ0n) is 14.1. The highest BCUT2D eigenvalue weighted by atomic mass is 35.5. The van der Waals surface area contributed by atoms with Gasteiger partial charge in [0, 0.05) is 24.2 Å². The van der Waals surface area contributed by atoms with Gasteiger partial charge < -0.3 is 14.8 Å². The number of benzene rings is 1. The Balaban J connectivity index is 2.02. The number of anilines is 2. The van der Waals surface area contributed by atoms with Crippen molar-refractivity contribution in [1.82, 2.24) is 20.2 Å². The number of fused-ring (bicyclic) bond motifs is 1. The largest absolute Gasteiger partial charge is 0.493 e. The molecule has 1 aromatic carbocycles. The van der Waals surface area contributed by atoms with Gasteiger partial charge in [0.05, 0.1) is 35.5 Å². The number of alkyl halides is 1. The summed E-state index contributed by atoms with van der Waals surface area (Å²) >= 11 is 5.71. The summed E-state index contributed by atoms with van der Waals surface area (Å²) in [5.74, 6) is 2.57. The third kappa shape index (κ3) is 4.30. The zero-order valence-corrected chi connectivity index (χ0v) is 14.9. The van der Waals surface area contributed by atoms with Crippen LogP contribution in [0.3, 0.4) is 0 Å². The molecule has 0 aliphatic heterocycles. The second kappa shape index (κ2) is 8.02. The first-order valence-electron chi connectivity index (χ1n) is 8.07. The van der Waals surface area contributed by atoms with Gasteiger partial charge >= 0.3 is 0 Å². The minimum Gasteiger partial charge on any atom is -0.493 e. The van der Waals surface area contributed by atoms with Gasteiger partial charge in [-0.3, -0.25) is 5.10 Å². The molecule has 3 aromatic rings. The van der Waals surface area contributed by atoms with Gasteiger partial charge in [-0.1, -0.05) is 0 Å². The number of halogens is 1. The van der Waals surface area contributed by atoms with Gasteiger partial charge in [0.2, 0.25) is 0 Å². The average molecular weight is 362 g/mol. The number of H-pyrrole nitrogens is 1. The fourth-order valence-corrected chi connectivity index (χ4v) is 2.46. The van der Waals surface area contributed by atoms with Crippen LogP contribution >= 0.6 is 11.6 Å². The number of hydrogen-bond donors (Lipinski definition) is 2. The van der Waals surface area contributed by atoms with E-state index in [1.165, 1.54) is 6.33 Å². The van der Waals surface area contributed by atoms with E-state index in [0.29, 0.717) is 29.8 Å². The lowest BCUT2D eigenvalue weighted by Crippen LogP contribution is -2.08. The van der Waals surface area contributed by atoms with E-state index in [4.69, 9.17) is 21.1 Å². The van der Waals surface area contributed by atoms with Gasteiger partial charge in [-0.15, -0.1) is 11.6 Å². The van der Waals surface area contributed by atoms with Gasteiger partial charge in [-0.05, 0) is 20.3 Å². The zero-order chi connectivity index (χ0) is 17.6. The standard InChI is InChI=1S/C17H20ClN5O2/c1-11(2)25-15-7-13(24-5-3-4-18)6-14-16(15)17(20-10-19-14)23-12-8-21-22-9-12/h6-11H,3-5H2,1-2H3,(H,21,22)(H,19,20,23). The summed E-state index contributed by atoms with van der Waals surface area (Å²) in [5, 5.41) is 10.7. The number of ether oxygens (including phenoxy) is 2. The molecule has 0 amide bonds. The van der Waals surface area contributed by atoms with E-state index in [-0.39, 0.29) is 6.10 Å². The molecule has 7 nitrogen and oxygen atoms in total. The maximum Gasteiger partial charge on any atom is 0.145 e.